The van der Waals surface area contributed by atoms with Crippen molar-refractivity contribution in [2.24, 2.45) is 0 Å². The Morgan fingerprint density at radius 3 is 2.61 bits per heavy atom. The zero-order chi connectivity index (χ0) is 25.5. The lowest BCUT2D eigenvalue weighted by atomic mass is 10.0. The van der Waals surface area contributed by atoms with Crippen molar-refractivity contribution in [3.05, 3.63) is 47.2 Å². The van der Waals surface area contributed by atoms with Crippen LogP contribution in [0.2, 0.25) is 0 Å². The van der Waals surface area contributed by atoms with Crippen LogP contribution in [0.5, 0.6) is 0 Å². The number of nitrogens with zero attached hydrogens (tertiary/aromatic N) is 3. The van der Waals surface area contributed by atoms with Crippen LogP contribution >= 0.6 is 0 Å². The van der Waals surface area contributed by atoms with Gasteiger partial charge in [0.05, 0.1) is 26.0 Å². The number of likely N-dealkylation sites (tertiary alicyclic amines) is 1. The zero-order valence-electron chi connectivity index (χ0n) is 21.4. The average molecular weight is 503 g/mol. The van der Waals surface area contributed by atoms with Crippen LogP contribution in [0.25, 0.3) is 0 Å². The molecular formula is C25H38N6O5. The standard InChI is InChI=1S/C25H38N6O5/c1-18(17-34-2)28-31-22(27-23(32)19-9-5-4-6-10-19)21-20(30(31)25(33)35-3)11-12-26-24(21)36-16-15-29-13-7-8-14-29/h4-6,9-10,18,22,24,26,28H,7-8,11-17H2,1-3H3,(H,27,32). The number of carbonyl (C=O) groups is 2. The molecule has 3 aliphatic heterocycles. The molecule has 4 rings (SSSR count). The fourth-order valence-corrected chi connectivity index (χ4v) is 4.95. The summed E-state index contributed by atoms with van der Waals surface area (Å²) in [4.78, 5) is 28.6. The molecule has 11 nitrogen and oxygen atoms in total. The Kier molecular flexibility index (Phi) is 9.30. The number of hydrogen-bond donors (Lipinski definition) is 3. The van der Waals surface area contributed by atoms with Gasteiger partial charge in [0.25, 0.3) is 5.91 Å². The second kappa shape index (κ2) is 12.6. The monoisotopic (exact) mass is 502 g/mol. The minimum absolute atomic E-state index is 0.151. The summed E-state index contributed by atoms with van der Waals surface area (Å²) in [5.74, 6) is -0.258. The van der Waals surface area contributed by atoms with Crippen LogP contribution in [0.4, 0.5) is 4.79 Å². The molecule has 0 radical (unpaired) electrons. The molecule has 36 heavy (non-hydrogen) atoms. The van der Waals surface area contributed by atoms with E-state index in [1.807, 2.05) is 25.1 Å². The molecule has 0 bridgehead atoms. The number of hydrogen-bond acceptors (Lipinski definition) is 9. The van der Waals surface area contributed by atoms with E-state index >= 15 is 0 Å². The van der Waals surface area contributed by atoms with Crippen molar-refractivity contribution in [1.29, 1.82) is 0 Å². The summed E-state index contributed by atoms with van der Waals surface area (Å²) in [6, 6.07) is 8.86. The van der Waals surface area contributed by atoms with Gasteiger partial charge in [0, 0.05) is 43.8 Å². The van der Waals surface area contributed by atoms with E-state index in [1.165, 1.54) is 25.0 Å². The van der Waals surface area contributed by atoms with Gasteiger partial charge in [-0.25, -0.2) is 10.2 Å². The van der Waals surface area contributed by atoms with E-state index in [2.05, 4.69) is 21.0 Å². The Morgan fingerprint density at radius 2 is 1.92 bits per heavy atom. The van der Waals surface area contributed by atoms with Crippen LogP contribution in [0.15, 0.2) is 41.6 Å². The first-order valence-corrected chi connectivity index (χ1v) is 12.6. The Morgan fingerprint density at radius 1 is 1.17 bits per heavy atom. The van der Waals surface area contributed by atoms with Gasteiger partial charge in [0.15, 0.2) is 0 Å². The maximum atomic E-state index is 13.3. The topological polar surface area (TPSA) is 108 Å². The number of benzene rings is 1. The minimum Gasteiger partial charge on any atom is -0.452 e. The molecule has 11 heteroatoms. The Labute approximate surface area is 212 Å². The summed E-state index contributed by atoms with van der Waals surface area (Å²) < 4.78 is 16.8. The highest BCUT2D eigenvalue weighted by Gasteiger charge is 2.48. The first-order valence-electron chi connectivity index (χ1n) is 12.6. The minimum atomic E-state index is -0.685. The lowest BCUT2D eigenvalue weighted by Crippen LogP contribution is -2.62. The molecule has 0 spiro atoms. The van der Waals surface area contributed by atoms with Gasteiger partial charge in [-0.3, -0.25) is 10.1 Å². The normalized spacial score (nSPS) is 23.6. The summed E-state index contributed by atoms with van der Waals surface area (Å²) in [6.07, 6.45) is 1.32. The fraction of sp³-hybridized carbons (Fsp3) is 0.600. The van der Waals surface area contributed by atoms with Crippen LogP contribution in [-0.4, -0.2) is 99.1 Å². The molecule has 1 aromatic rings. The number of carbonyl (C=O) groups excluding carboxylic acids is 2. The van der Waals surface area contributed by atoms with Crippen LogP contribution < -0.4 is 16.1 Å². The van der Waals surface area contributed by atoms with E-state index in [1.54, 1.807) is 24.4 Å². The lowest BCUT2D eigenvalue weighted by Gasteiger charge is -2.35. The molecule has 2 amide bonds. The first kappa shape index (κ1) is 26.5. The number of hydrazine groups is 2. The molecule has 1 saturated heterocycles. The third-order valence-electron chi connectivity index (χ3n) is 6.63. The number of amides is 2. The van der Waals surface area contributed by atoms with E-state index in [0.717, 1.165) is 30.9 Å². The summed E-state index contributed by atoms with van der Waals surface area (Å²) in [5, 5.41) is 9.63. The highest BCUT2D eigenvalue weighted by atomic mass is 16.6. The van der Waals surface area contributed by atoms with Crippen LogP contribution in [0.1, 0.15) is 36.5 Å². The van der Waals surface area contributed by atoms with Gasteiger partial charge in [-0.05, 0) is 45.0 Å². The summed E-state index contributed by atoms with van der Waals surface area (Å²) in [6.45, 7) is 6.54. The van der Waals surface area contributed by atoms with Crippen LogP contribution in [0.3, 0.4) is 0 Å². The SMILES string of the molecule is COCC(C)NN1C(NC(=O)c2ccccc2)C2=C(CCNC2OCCN2CCCC2)N1C(=O)OC. The van der Waals surface area contributed by atoms with Crippen molar-refractivity contribution in [3.63, 3.8) is 0 Å². The molecule has 1 aromatic carbocycles. The maximum absolute atomic E-state index is 13.3. The van der Waals surface area contributed by atoms with E-state index in [9.17, 15) is 9.59 Å². The van der Waals surface area contributed by atoms with Crippen molar-refractivity contribution in [1.82, 2.24) is 31.1 Å². The zero-order valence-corrected chi connectivity index (χ0v) is 21.4. The van der Waals surface area contributed by atoms with E-state index < -0.39 is 18.5 Å². The van der Waals surface area contributed by atoms with Gasteiger partial charge in [-0.2, -0.15) is 5.01 Å². The van der Waals surface area contributed by atoms with Gasteiger partial charge >= 0.3 is 6.09 Å². The van der Waals surface area contributed by atoms with Crippen LogP contribution in [-0.2, 0) is 14.2 Å². The molecule has 198 valence electrons. The van der Waals surface area contributed by atoms with Gasteiger partial charge in [0.1, 0.15) is 12.4 Å². The molecular weight excluding hydrogens is 464 g/mol. The highest BCUT2D eigenvalue weighted by molar-refractivity contribution is 5.94. The van der Waals surface area contributed by atoms with Crippen LogP contribution in [0, 0.1) is 0 Å². The van der Waals surface area contributed by atoms with E-state index in [4.69, 9.17) is 14.2 Å². The molecule has 3 atom stereocenters. The Balaban J connectivity index is 1.62. The molecule has 3 N–H and O–H groups in total. The smallest absolute Gasteiger partial charge is 0.429 e. The maximum Gasteiger partial charge on any atom is 0.429 e. The van der Waals surface area contributed by atoms with Crippen molar-refractivity contribution < 1.29 is 23.8 Å². The van der Waals surface area contributed by atoms with Gasteiger partial charge in [-0.1, -0.05) is 18.2 Å². The molecule has 3 aliphatic rings. The largest absolute Gasteiger partial charge is 0.452 e. The molecule has 3 heterocycles. The molecule has 0 saturated carbocycles. The van der Waals surface area contributed by atoms with Crippen molar-refractivity contribution in [3.8, 4) is 0 Å². The molecule has 3 unspecified atom stereocenters. The summed E-state index contributed by atoms with van der Waals surface area (Å²) >= 11 is 0. The molecule has 1 fully saturated rings. The lowest BCUT2D eigenvalue weighted by molar-refractivity contribution is -0.0604. The van der Waals surface area contributed by atoms with Gasteiger partial charge in [0.2, 0.25) is 0 Å². The second-order valence-corrected chi connectivity index (χ2v) is 9.26. The Hall–Kier alpha value is -2.54. The average Bonchev–Trinajstić information content (AvgIpc) is 3.51. The summed E-state index contributed by atoms with van der Waals surface area (Å²) in [5.41, 5.74) is 5.38. The number of rotatable bonds is 10. The first-order chi connectivity index (χ1) is 17.5. The second-order valence-electron chi connectivity index (χ2n) is 9.26. The third-order valence-corrected chi connectivity index (χ3v) is 6.63. The number of methoxy groups -OCH3 is 2. The third kappa shape index (κ3) is 6.05. The summed E-state index contributed by atoms with van der Waals surface area (Å²) in [7, 11) is 2.96. The number of nitrogens with one attached hydrogen (secondary N) is 3. The quantitative estimate of drug-likeness (QED) is 0.436. The Bertz CT molecular complexity index is 923. The van der Waals surface area contributed by atoms with E-state index in [-0.39, 0.29) is 11.9 Å². The fourth-order valence-electron chi connectivity index (χ4n) is 4.95. The van der Waals surface area contributed by atoms with Crippen molar-refractivity contribution >= 4 is 12.0 Å². The van der Waals surface area contributed by atoms with Crippen molar-refractivity contribution in [2.75, 3.05) is 53.6 Å². The highest BCUT2D eigenvalue weighted by Crippen LogP contribution is 2.35. The predicted molar refractivity (Wildman–Crippen MR) is 133 cm³/mol. The molecule has 0 aromatic heterocycles. The van der Waals surface area contributed by atoms with Crippen molar-refractivity contribution in [2.45, 2.75) is 44.6 Å². The van der Waals surface area contributed by atoms with Gasteiger partial charge in [-0.15, -0.1) is 5.12 Å². The van der Waals surface area contributed by atoms with E-state index in [0.29, 0.717) is 31.7 Å². The van der Waals surface area contributed by atoms with Gasteiger partial charge < -0.3 is 24.4 Å². The molecule has 0 aliphatic carbocycles. The predicted octanol–water partition coefficient (Wildman–Crippen LogP) is 1.27. The number of ether oxygens (including phenoxy) is 3.